The van der Waals surface area contributed by atoms with Gasteiger partial charge in [0.2, 0.25) is 11.8 Å². The van der Waals surface area contributed by atoms with Gasteiger partial charge in [0.1, 0.15) is 0 Å². The Morgan fingerprint density at radius 3 is 2.65 bits per heavy atom. The van der Waals surface area contributed by atoms with Crippen molar-refractivity contribution in [2.75, 3.05) is 0 Å². The number of nitrogens with zero attached hydrogens (tertiary/aromatic N) is 2. The molecule has 0 spiro atoms. The predicted octanol–water partition coefficient (Wildman–Crippen LogP) is 2.66. The number of hydrogen-bond donors (Lipinski definition) is 2. The molecule has 0 saturated heterocycles. The maximum Gasteiger partial charge on any atom is 0.306 e. The molecule has 0 aliphatic heterocycles. The van der Waals surface area contributed by atoms with Crippen LogP contribution in [0.25, 0.3) is 11.5 Å². The number of benzene rings is 1. The third-order valence-corrected chi connectivity index (χ3v) is 5.69. The van der Waals surface area contributed by atoms with Crippen molar-refractivity contribution in [1.29, 1.82) is 0 Å². The van der Waals surface area contributed by atoms with E-state index in [2.05, 4.69) is 15.5 Å². The molecule has 2 N–H and O–H groups in total. The van der Waals surface area contributed by atoms with Gasteiger partial charge in [-0.2, -0.15) is 0 Å². The van der Waals surface area contributed by atoms with Gasteiger partial charge in [-0.05, 0) is 55.7 Å². The molecular formula is C19H21N3O4. The summed E-state index contributed by atoms with van der Waals surface area (Å²) in [5.74, 6) is 0.159. The number of carbonyl (C=O) groups is 2. The van der Waals surface area contributed by atoms with Crippen LogP contribution in [-0.4, -0.2) is 33.2 Å². The highest BCUT2D eigenvalue weighted by molar-refractivity contribution is 5.95. The van der Waals surface area contributed by atoms with E-state index >= 15 is 0 Å². The minimum Gasteiger partial charge on any atom is -0.481 e. The lowest BCUT2D eigenvalue weighted by atomic mass is 9.62. The fraction of sp³-hybridized carbons (Fsp3) is 0.474. The van der Waals surface area contributed by atoms with Crippen molar-refractivity contribution in [3.05, 3.63) is 35.7 Å². The summed E-state index contributed by atoms with van der Waals surface area (Å²) in [6.07, 6.45) is 3.34. The van der Waals surface area contributed by atoms with Crippen molar-refractivity contribution in [3.8, 4) is 11.5 Å². The topological polar surface area (TPSA) is 105 Å². The van der Waals surface area contributed by atoms with Crippen molar-refractivity contribution in [2.24, 2.45) is 17.8 Å². The van der Waals surface area contributed by atoms with Crippen molar-refractivity contribution >= 4 is 11.9 Å². The van der Waals surface area contributed by atoms with E-state index in [1.807, 2.05) is 6.07 Å². The Balaban J connectivity index is 1.47. The lowest BCUT2D eigenvalue weighted by Gasteiger charge is -2.45. The predicted molar refractivity (Wildman–Crippen MR) is 92.3 cm³/mol. The average molecular weight is 355 g/mol. The second-order valence-electron chi connectivity index (χ2n) is 7.30. The number of aryl methyl sites for hydroxylation is 1. The Kier molecular flexibility index (Phi) is 4.22. The summed E-state index contributed by atoms with van der Waals surface area (Å²) in [5.41, 5.74) is 1.24. The van der Waals surface area contributed by atoms with E-state index in [0.29, 0.717) is 29.3 Å². The fourth-order valence-electron chi connectivity index (χ4n) is 4.37. The Morgan fingerprint density at radius 2 is 2.00 bits per heavy atom. The zero-order valence-electron chi connectivity index (χ0n) is 14.5. The minimum absolute atomic E-state index is 0.0474. The quantitative estimate of drug-likeness (QED) is 0.873. The molecule has 4 unspecified atom stereocenters. The van der Waals surface area contributed by atoms with Crippen LogP contribution in [0.3, 0.4) is 0 Å². The molecule has 136 valence electrons. The fourth-order valence-corrected chi connectivity index (χ4v) is 4.37. The molecule has 3 saturated carbocycles. The monoisotopic (exact) mass is 355 g/mol. The second-order valence-corrected chi connectivity index (χ2v) is 7.30. The van der Waals surface area contributed by atoms with Gasteiger partial charge in [0, 0.05) is 24.1 Å². The molecule has 0 radical (unpaired) electrons. The Labute approximate surface area is 150 Å². The molecule has 5 rings (SSSR count). The van der Waals surface area contributed by atoms with E-state index in [4.69, 9.17) is 4.42 Å². The first-order valence-electron chi connectivity index (χ1n) is 8.95. The van der Waals surface area contributed by atoms with Crippen molar-refractivity contribution < 1.29 is 19.1 Å². The van der Waals surface area contributed by atoms with E-state index < -0.39 is 5.97 Å². The molecule has 7 heteroatoms. The molecule has 7 nitrogen and oxygen atoms in total. The Morgan fingerprint density at radius 1 is 1.19 bits per heavy atom. The third kappa shape index (κ3) is 3.09. The van der Waals surface area contributed by atoms with Crippen LogP contribution in [0.2, 0.25) is 0 Å². The number of nitrogens with one attached hydrogen (secondary N) is 1. The highest BCUT2D eigenvalue weighted by atomic mass is 16.4. The van der Waals surface area contributed by atoms with E-state index in [1.54, 1.807) is 25.1 Å². The van der Waals surface area contributed by atoms with Crippen LogP contribution in [-0.2, 0) is 4.79 Å². The summed E-state index contributed by atoms with van der Waals surface area (Å²) in [6, 6.07) is 7.15. The number of carbonyl (C=O) groups excluding carboxylic acids is 1. The standard InChI is InChI=1S/C19H21N3O4/c1-10-21-22-18(26-10)14-4-2-3-13(7-14)17(23)20-16-9-11-5-6-12(16)8-15(11)19(24)25/h2-4,7,11-12,15-16H,5-6,8-9H2,1H3,(H,20,23)(H,24,25). The van der Waals surface area contributed by atoms with Crippen LogP contribution in [0.1, 0.15) is 41.9 Å². The second kappa shape index (κ2) is 6.55. The minimum atomic E-state index is -0.702. The van der Waals surface area contributed by atoms with Crippen LogP contribution in [0.4, 0.5) is 0 Å². The van der Waals surface area contributed by atoms with E-state index in [0.717, 1.165) is 19.3 Å². The molecule has 3 aliphatic rings. The van der Waals surface area contributed by atoms with Gasteiger partial charge in [-0.25, -0.2) is 0 Å². The van der Waals surface area contributed by atoms with E-state index in [1.165, 1.54) is 0 Å². The lowest BCUT2D eigenvalue weighted by Crippen LogP contribution is -2.51. The molecule has 2 aromatic rings. The summed E-state index contributed by atoms with van der Waals surface area (Å²) in [6.45, 7) is 1.72. The van der Waals surface area contributed by atoms with Gasteiger partial charge in [-0.1, -0.05) is 6.07 Å². The van der Waals surface area contributed by atoms with E-state index in [9.17, 15) is 14.7 Å². The first-order valence-corrected chi connectivity index (χ1v) is 8.95. The van der Waals surface area contributed by atoms with Crippen LogP contribution < -0.4 is 5.32 Å². The van der Waals surface area contributed by atoms with Gasteiger partial charge in [-0.15, -0.1) is 10.2 Å². The summed E-state index contributed by atoms with van der Waals surface area (Å²) in [4.78, 5) is 24.1. The van der Waals surface area contributed by atoms with Gasteiger partial charge in [0.15, 0.2) is 0 Å². The van der Waals surface area contributed by atoms with Gasteiger partial charge in [-0.3, -0.25) is 9.59 Å². The molecule has 4 atom stereocenters. The number of carboxylic acid groups (broad SMARTS) is 1. The van der Waals surface area contributed by atoms with Crippen LogP contribution in [0, 0.1) is 24.7 Å². The molecular weight excluding hydrogens is 334 g/mol. The zero-order valence-corrected chi connectivity index (χ0v) is 14.5. The van der Waals surface area contributed by atoms with Crippen LogP contribution in [0.5, 0.6) is 0 Å². The Bertz CT molecular complexity index is 847. The third-order valence-electron chi connectivity index (χ3n) is 5.69. The SMILES string of the molecule is Cc1nnc(-c2cccc(C(=O)NC3CC4CCC3CC4C(=O)O)c2)o1. The molecule has 3 aliphatic carbocycles. The van der Waals surface area contributed by atoms with Crippen molar-refractivity contribution in [1.82, 2.24) is 15.5 Å². The molecule has 2 bridgehead atoms. The van der Waals surface area contributed by atoms with Gasteiger partial charge >= 0.3 is 5.97 Å². The summed E-state index contributed by atoms with van der Waals surface area (Å²) in [7, 11) is 0. The van der Waals surface area contributed by atoms with Crippen molar-refractivity contribution in [3.63, 3.8) is 0 Å². The highest BCUT2D eigenvalue weighted by Gasteiger charge is 2.45. The molecule has 1 amide bonds. The number of rotatable bonds is 4. The number of aromatic nitrogens is 2. The lowest BCUT2D eigenvalue weighted by molar-refractivity contribution is -0.148. The smallest absolute Gasteiger partial charge is 0.306 e. The van der Waals surface area contributed by atoms with Gasteiger partial charge < -0.3 is 14.8 Å². The summed E-state index contributed by atoms with van der Waals surface area (Å²) >= 11 is 0. The molecule has 26 heavy (non-hydrogen) atoms. The molecule has 1 aromatic carbocycles. The number of amides is 1. The van der Waals surface area contributed by atoms with Gasteiger partial charge in [0.05, 0.1) is 5.92 Å². The molecule has 1 aromatic heterocycles. The van der Waals surface area contributed by atoms with E-state index in [-0.39, 0.29) is 29.7 Å². The number of carboxylic acids is 1. The van der Waals surface area contributed by atoms with Crippen molar-refractivity contribution in [2.45, 2.75) is 38.6 Å². The van der Waals surface area contributed by atoms with Gasteiger partial charge in [0.25, 0.3) is 5.91 Å². The summed E-state index contributed by atoms with van der Waals surface area (Å²) < 4.78 is 5.42. The number of aliphatic carboxylic acids is 1. The maximum atomic E-state index is 12.7. The van der Waals surface area contributed by atoms with Crippen LogP contribution >= 0.6 is 0 Å². The largest absolute Gasteiger partial charge is 0.481 e. The zero-order chi connectivity index (χ0) is 18.3. The normalized spacial score (nSPS) is 27.3. The first kappa shape index (κ1) is 16.8. The first-order chi connectivity index (χ1) is 12.5. The highest BCUT2D eigenvalue weighted by Crippen LogP contribution is 2.45. The number of fused-ring (bicyclic) bond motifs is 3. The Hall–Kier alpha value is -2.70. The molecule has 1 heterocycles. The number of hydrogen-bond acceptors (Lipinski definition) is 5. The average Bonchev–Trinajstić information content (AvgIpc) is 3.08. The van der Waals surface area contributed by atoms with Crippen LogP contribution in [0.15, 0.2) is 28.7 Å². The molecule has 3 fully saturated rings. The summed E-state index contributed by atoms with van der Waals surface area (Å²) in [5, 5.41) is 20.2. The maximum absolute atomic E-state index is 12.7.